The lowest BCUT2D eigenvalue weighted by Crippen LogP contribution is -2.35. The van der Waals surface area contributed by atoms with Crippen LogP contribution in [0.25, 0.3) is 0 Å². The molecule has 3 unspecified atom stereocenters. The first-order chi connectivity index (χ1) is 9.63. The van der Waals surface area contributed by atoms with Crippen molar-refractivity contribution in [3.63, 3.8) is 0 Å². The molecule has 2 rings (SSSR count). The molecule has 0 fully saturated rings. The van der Waals surface area contributed by atoms with E-state index in [4.69, 9.17) is 5.73 Å². The van der Waals surface area contributed by atoms with Crippen molar-refractivity contribution < 1.29 is 0 Å². The Labute approximate surface area is 121 Å². The second kappa shape index (κ2) is 6.66. The fourth-order valence-electron chi connectivity index (χ4n) is 2.77. The summed E-state index contributed by atoms with van der Waals surface area (Å²) in [5.74, 6) is 1.83. The summed E-state index contributed by atoms with van der Waals surface area (Å²) < 4.78 is 1.80. The normalized spacial score (nSPS) is 15.8. The minimum atomic E-state index is 0.0512. The first-order valence-corrected chi connectivity index (χ1v) is 7.26. The Hall–Kier alpha value is -1.68. The number of rotatable bonds is 6. The van der Waals surface area contributed by atoms with E-state index in [0.717, 1.165) is 18.7 Å². The SMILES string of the molecule is CCC(C)C(c1ccccc1)C(N)Cc1ncnn1C. The minimum absolute atomic E-state index is 0.0512. The third-order valence-electron chi connectivity index (χ3n) is 4.13. The van der Waals surface area contributed by atoms with Crippen molar-refractivity contribution >= 4 is 0 Å². The monoisotopic (exact) mass is 272 g/mol. The average molecular weight is 272 g/mol. The molecule has 20 heavy (non-hydrogen) atoms. The van der Waals surface area contributed by atoms with Gasteiger partial charge in [0.05, 0.1) is 0 Å². The summed E-state index contributed by atoms with van der Waals surface area (Å²) in [6, 6.07) is 10.6. The molecule has 0 aliphatic heterocycles. The maximum atomic E-state index is 6.51. The van der Waals surface area contributed by atoms with Gasteiger partial charge in [-0.05, 0) is 11.5 Å². The van der Waals surface area contributed by atoms with E-state index in [1.54, 1.807) is 11.0 Å². The van der Waals surface area contributed by atoms with Crippen LogP contribution in [0.5, 0.6) is 0 Å². The Bertz CT molecular complexity index is 520. The van der Waals surface area contributed by atoms with E-state index >= 15 is 0 Å². The van der Waals surface area contributed by atoms with Crippen molar-refractivity contribution in [2.45, 2.75) is 38.6 Å². The summed E-state index contributed by atoms with van der Waals surface area (Å²) >= 11 is 0. The van der Waals surface area contributed by atoms with Gasteiger partial charge in [0.1, 0.15) is 12.2 Å². The Morgan fingerprint density at radius 1 is 1.25 bits per heavy atom. The standard InChI is InChI=1S/C16H24N4/c1-4-12(2)16(13-8-6-5-7-9-13)14(17)10-15-18-11-19-20(15)3/h5-9,11-12,14,16H,4,10,17H2,1-3H3. The van der Waals surface area contributed by atoms with Gasteiger partial charge < -0.3 is 5.73 Å². The van der Waals surface area contributed by atoms with Crippen LogP contribution in [0, 0.1) is 5.92 Å². The Morgan fingerprint density at radius 3 is 2.50 bits per heavy atom. The molecule has 108 valence electrons. The fraction of sp³-hybridized carbons (Fsp3) is 0.500. The molecular formula is C16H24N4. The number of aromatic nitrogens is 3. The van der Waals surface area contributed by atoms with Gasteiger partial charge in [0.2, 0.25) is 0 Å². The fourth-order valence-corrected chi connectivity index (χ4v) is 2.77. The highest BCUT2D eigenvalue weighted by molar-refractivity contribution is 5.22. The third kappa shape index (κ3) is 3.25. The van der Waals surface area contributed by atoms with Crippen LogP contribution in [0.15, 0.2) is 36.7 Å². The molecule has 1 heterocycles. The summed E-state index contributed by atoms with van der Waals surface area (Å²) in [5, 5.41) is 4.12. The number of benzene rings is 1. The number of aryl methyl sites for hydroxylation is 1. The predicted octanol–water partition coefficient (Wildman–Crippen LogP) is 2.51. The molecule has 2 aromatic rings. The summed E-state index contributed by atoms with van der Waals surface area (Å²) in [5.41, 5.74) is 7.82. The number of nitrogens with two attached hydrogens (primary N) is 1. The Morgan fingerprint density at radius 2 is 1.95 bits per heavy atom. The van der Waals surface area contributed by atoms with Crippen molar-refractivity contribution in [1.29, 1.82) is 0 Å². The molecule has 0 aliphatic rings. The van der Waals surface area contributed by atoms with Gasteiger partial charge >= 0.3 is 0 Å². The smallest absolute Gasteiger partial charge is 0.138 e. The summed E-state index contributed by atoms with van der Waals surface area (Å²) in [4.78, 5) is 4.29. The quantitative estimate of drug-likeness (QED) is 0.879. The van der Waals surface area contributed by atoms with Gasteiger partial charge in [-0.15, -0.1) is 0 Å². The van der Waals surface area contributed by atoms with E-state index in [1.807, 2.05) is 13.1 Å². The first-order valence-electron chi connectivity index (χ1n) is 7.26. The van der Waals surface area contributed by atoms with E-state index < -0.39 is 0 Å². The molecular weight excluding hydrogens is 248 g/mol. The molecule has 0 aliphatic carbocycles. The van der Waals surface area contributed by atoms with E-state index in [9.17, 15) is 0 Å². The zero-order valence-electron chi connectivity index (χ0n) is 12.5. The van der Waals surface area contributed by atoms with Crippen LogP contribution >= 0.6 is 0 Å². The van der Waals surface area contributed by atoms with Crippen molar-refractivity contribution in [1.82, 2.24) is 14.8 Å². The Balaban J connectivity index is 2.21. The number of nitrogens with zero attached hydrogens (tertiary/aromatic N) is 3. The second-order valence-electron chi connectivity index (χ2n) is 5.49. The van der Waals surface area contributed by atoms with Gasteiger partial charge in [0, 0.05) is 25.4 Å². The third-order valence-corrected chi connectivity index (χ3v) is 4.13. The highest BCUT2D eigenvalue weighted by Gasteiger charge is 2.26. The van der Waals surface area contributed by atoms with Crippen LogP contribution in [-0.2, 0) is 13.5 Å². The summed E-state index contributed by atoms with van der Waals surface area (Å²) in [7, 11) is 1.91. The summed E-state index contributed by atoms with van der Waals surface area (Å²) in [6.45, 7) is 4.49. The van der Waals surface area contributed by atoms with Crippen LogP contribution in [0.2, 0.25) is 0 Å². The van der Waals surface area contributed by atoms with Crippen molar-refractivity contribution in [3.05, 3.63) is 48.0 Å². The average Bonchev–Trinajstić information content (AvgIpc) is 2.85. The van der Waals surface area contributed by atoms with E-state index in [-0.39, 0.29) is 6.04 Å². The van der Waals surface area contributed by atoms with Gasteiger partial charge in [-0.2, -0.15) is 5.10 Å². The van der Waals surface area contributed by atoms with Crippen molar-refractivity contribution in [2.75, 3.05) is 0 Å². The number of hydrogen-bond acceptors (Lipinski definition) is 3. The zero-order valence-corrected chi connectivity index (χ0v) is 12.5. The van der Waals surface area contributed by atoms with Gasteiger partial charge in [-0.25, -0.2) is 4.98 Å². The molecule has 0 radical (unpaired) electrons. The predicted molar refractivity (Wildman–Crippen MR) is 81.3 cm³/mol. The molecule has 3 atom stereocenters. The maximum absolute atomic E-state index is 6.51. The van der Waals surface area contributed by atoms with Gasteiger partial charge in [0.15, 0.2) is 0 Å². The lowest BCUT2D eigenvalue weighted by molar-refractivity contribution is 0.374. The summed E-state index contributed by atoms with van der Waals surface area (Å²) in [6.07, 6.45) is 3.45. The number of hydrogen-bond donors (Lipinski definition) is 1. The van der Waals surface area contributed by atoms with E-state index in [2.05, 4.69) is 48.2 Å². The second-order valence-corrected chi connectivity index (χ2v) is 5.49. The lowest BCUT2D eigenvalue weighted by Gasteiger charge is -2.29. The van der Waals surface area contributed by atoms with Crippen LogP contribution in [-0.4, -0.2) is 20.8 Å². The zero-order chi connectivity index (χ0) is 14.5. The first kappa shape index (κ1) is 14.7. The highest BCUT2D eigenvalue weighted by Crippen LogP contribution is 2.30. The van der Waals surface area contributed by atoms with Crippen LogP contribution in [0.4, 0.5) is 0 Å². The van der Waals surface area contributed by atoms with Crippen LogP contribution < -0.4 is 5.73 Å². The molecule has 2 N–H and O–H groups in total. The van der Waals surface area contributed by atoms with Crippen LogP contribution in [0.1, 0.15) is 37.6 Å². The van der Waals surface area contributed by atoms with E-state index in [0.29, 0.717) is 11.8 Å². The van der Waals surface area contributed by atoms with Gasteiger partial charge in [-0.1, -0.05) is 50.6 Å². The van der Waals surface area contributed by atoms with Crippen molar-refractivity contribution in [2.24, 2.45) is 18.7 Å². The lowest BCUT2D eigenvalue weighted by atomic mass is 9.79. The molecule has 1 aromatic carbocycles. The van der Waals surface area contributed by atoms with Gasteiger partial charge in [0.25, 0.3) is 0 Å². The molecule has 0 spiro atoms. The molecule has 0 saturated carbocycles. The van der Waals surface area contributed by atoms with Gasteiger partial charge in [-0.3, -0.25) is 4.68 Å². The largest absolute Gasteiger partial charge is 0.327 e. The minimum Gasteiger partial charge on any atom is -0.327 e. The molecule has 0 amide bonds. The highest BCUT2D eigenvalue weighted by atomic mass is 15.3. The topological polar surface area (TPSA) is 56.7 Å². The maximum Gasteiger partial charge on any atom is 0.138 e. The molecule has 1 aromatic heterocycles. The van der Waals surface area contributed by atoms with Crippen molar-refractivity contribution in [3.8, 4) is 0 Å². The van der Waals surface area contributed by atoms with Crippen LogP contribution in [0.3, 0.4) is 0 Å². The van der Waals surface area contributed by atoms with E-state index in [1.165, 1.54) is 5.56 Å². The molecule has 0 saturated heterocycles. The Kier molecular flexibility index (Phi) is 4.90. The molecule has 0 bridgehead atoms. The molecule has 4 nitrogen and oxygen atoms in total. The molecule has 4 heteroatoms.